The van der Waals surface area contributed by atoms with E-state index in [0.717, 1.165) is 21.8 Å². The lowest BCUT2D eigenvalue weighted by Crippen LogP contribution is -2.14. The Bertz CT molecular complexity index is 1390. The molecule has 3 aromatic carbocycles. The number of rotatable bonds is 5. The predicted molar refractivity (Wildman–Crippen MR) is 133 cm³/mol. The highest BCUT2D eigenvalue weighted by Gasteiger charge is 2.16. The summed E-state index contributed by atoms with van der Waals surface area (Å²) in [6, 6.07) is 17.6. The van der Waals surface area contributed by atoms with Crippen molar-refractivity contribution in [3.63, 3.8) is 0 Å². The lowest BCUT2D eigenvalue weighted by atomic mass is 10.1. The lowest BCUT2D eigenvalue weighted by Gasteiger charge is -2.10. The molecule has 4 aromatic rings. The molecule has 0 atom stereocenters. The highest BCUT2D eigenvalue weighted by atomic mass is 79.9. The molecule has 1 aromatic heterocycles. The van der Waals surface area contributed by atoms with E-state index in [9.17, 15) is 14.7 Å². The van der Waals surface area contributed by atoms with Gasteiger partial charge in [-0.3, -0.25) is 9.59 Å². The van der Waals surface area contributed by atoms with E-state index in [0.29, 0.717) is 26.5 Å². The normalized spacial score (nSPS) is 11.0. The average molecular weight is 550 g/mol. The molecule has 4 rings (SSSR count). The fourth-order valence-electron chi connectivity index (χ4n) is 3.17. The molecule has 3 N–H and O–H groups in total. The molecule has 0 spiro atoms. The van der Waals surface area contributed by atoms with Crippen molar-refractivity contribution in [2.45, 2.75) is 16.2 Å². The second kappa shape index (κ2) is 9.58. The highest BCUT2D eigenvalue weighted by Crippen LogP contribution is 2.39. The van der Waals surface area contributed by atoms with Gasteiger partial charge >= 0.3 is 0 Å². The van der Waals surface area contributed by atoms with Crippen LogP contribution in [0.25, 0.3) is 10.9 Å². The molecular formula is C23H15BrCl2N2O3S. The molecule has 0 aliphatic heterocycles. The number of aromatic amines is 1. The van der Waals surface area contributed by atoms with Gasteiger partial charge in [0.1, 0.15) is 10.6 Å². The number of anilines is 1. The van der Waals surface area contributed by atoms with Gasteiger partial charge in [-0.25, -0.2) is 0 Å². The maximum absolute atomic E-state index is 12.5. The predicted octanol–water partition coefficient (Wildman–Crippen LogP) is 6.64. The quantitative estimate of drug-likeness (QED) is 0.261. The largest absolute Gasteiger partial charge is 0.506 e. The van der Waals surface area contributed by atoms with Crippen LogP contribution in [-0.2, 0) is 11.2 Å². The Morgan fingerprint density at radius 1 is 1.09 bits per heavy atom. The van der Waals surface area contributed by atoms with Crippen molar-refractivity contribution in [1.29, 1.82) is 0 Å². The standard InChI is InChI=1S/C23H15BrCl2N2O3S/c24-13-3-1-2-12(8-13)9-19(29)27-15-4-6-16(7-5-15)32-22-21(30)20-17(26)10-14(25)11-18(20)28-23(22)31/h1-8,10-11H,9H2,(H,27,29)(H2,28,30,31). The Morgan fingerprint density at radius 2 is 1.84 bits per heavy atom. The second-order valence-corrected chi connectivity index (χ2v) is 9.77. The van der Waals surface area contributed by atoms with Crippen LogP contribution in [0.2, 0.25) is 10.0 Å². The summed E-state index contributed by atoms with van der Waals surface area (Å²) < 4.78 is 0.917. The molecular weight excluding hydrogens is 535 g/mol. The summed E-state index contributed by atoms with van der Waals surface area (Å²) in [5.74, 6) is -0.345. The van der Waals surface area contributed by atoms with Crippen LogP contribution in [0.1, 0.15) is 5.56 Å². The topological polar surface area (TPSA) is 82.2 Å². The SMILES string of the molecule is O=C(Cc1cccc(Br)c1)Nc1ccc(Sc2c(O)c3c(Cl)cc(Cl)cc3[nH]c2=O)cc1. The highest BCUT2D eigenvalue weighted by molar-refractivity contribution is 9.10. The molecule has 9 heteroatoms. The van der Waals surface area contributed by atoms with Crippen LogP contribution >= 0.6 is 50.9 Å². The fraction of sp³-hybridized carbons (Fsp3) is 0.0435. The molecule has 0 saturated heterocycles. The van der Waals surface area contributed by atoms with Gasteiger partial charge in [0.15, 0.2) is 0 Å². The van der Waals surface area contributed by atoms with Crippen LogP contribution in [0, 0.1) is 0 Å². The number of carbonyl (C=O) groups is 1. The van der Waals surface area contributed by atoms with E-state index in [1.165, 1.54) is 12.1 Å². The fourth-order valence-corrected chi connectivity index (χ4v) is 5.05. The van der Waals surface area contributed by atoms with Gasteiger partial charge in [-0.15, -0.1) is 0 Å². The van der Waals surface area contributed by atoms with Crippen molar-refractivity contribution in [2.75, 3.05) is 5.32 Å². The molecule has 0 unspecified atom stereocenters. The summed E-state index contributed by atoms with van der Waals surface area (Å²) in [4.78, 5) is 28.3. The Kier molecular flexibility index (Phi) is 6.81. The molecule has 5 nitrogen and oxygen atoms in total. The molecule has 0 radical (unpaired) electrons. The van der Waals surface area contributed by atoms with Crippen molar-refractivity contribution >= 4 is 73.4 Å². The minimum absolute atomic E-state index is 0.119. The monoisotopic (exact) mass is 548 g/mol. The summed E-state index contributed by atoms with van der Waals surface area (Å²) in [5.41, 5.74) is 1.43. The molecule has 0 aliphatic carbocycles. The summed E-state index contributed by atoms with van der Waals surface area (Å²) in [7, 11) is 0. The van der Waals surface area contributed by atoms with Crippen molar-refractivity contribution in [3.05, 3.63) is 91.1 Å². The third-order valence-electron chi connectivity index (χ3n) is 4.57. The first kappa shape index (κ1) is 22.7. The molecule has 32 heavy (non-hydrogen) atoms. The number of aromatic hydroxyl groups is 1. The molecule has 162 valence electrons. The summed E-state index contributed by atoms with van der Waals surface area (Å²) in [5, 5.41) is 14.4. The van der Waals surface area contributed by atoms with E-state index in [1.807, 2.05) is 24.3 Å². The number of halogens is 3. The van der Waals surface area contributed by atoms with E-state index >= 15 is 0 Å². The zero-order valence-corrected chi connectivity index (χ0v) is 20.2. The number of amides is 1. The number of carbonyl (C=O) groups excluding carboxylic acids is 1. The summed E-state index contributed by atoms with van der Waals surface area (Å²) in [6.07, 6.45) is 0.251. The number of fused-ring (bicyclic) bond motifs is 1. The van der Waals surface area contributed by atoms with E-state index in [2.05, 4.69) is 26.2 Å². The second-order valence-electron chi connectivity index (χ2n) is 6.92. The third kappa shape index (κ3) is 5.13. The van der Waals surface area contributed by atoms with E-state index < -0.39 is 5.56 Å². The van der Waals surface area contributed by atoms with Crippen molar-refractivity contribution in [2.24, 2.45) is 0 Å². The number of H-pyrrole nitrogens is 1. The van der Waals surface area contributed by atoms with Gasteiger partial charge in [0.25, 0.3) is 5.56 Å². The lowest BCUT2D eigenvalue weighted by molar-refractivity contribution is -0.115. The van der Waals surface area contributed by atoms with Crippen molar-refractivity contribution < 1.29 is 9.90 Å². The molecule has 0 aliphatic rings. The number of aromatic nitrogens is 1. The Hall–Kier alpha value is -2.45. The van der Waals surface area contributed by atoms with Crippen molar-refractivity contribution in [3.8, 4) is 5.75 Å². The van der Waals surface area contributed by atoms with Gasteiger partial charge in [0.05, 0.1) is 22.3 Å². The van der Waals surface area contributed by atoms with Gasteiger partial charge in [-0.05, 0) is 54.1 Å². The average Bonchev–Trinajstić information content (AvgIpc) is 2.71. The first-order valence-corrected chi connectivity index (χ1v) is 11.7. The molecule has 0 bridgehead atoms. The van der Waals surface area contributed by atoms with E-state index in [-0.39, 0.29) is 28.0 Å². The van der Waals surface area contributed by atoms with Crippen LogP contribution < -0.4 is 10.9 Å². The van der Waals surface area contributed by atoms with Crippen LogP contribution in [-0.4, -0.2) is 16.0 Å². The molecule has 0 saturated carbocycles. The van der Waals surface area contributed by atoms with Gasteiger partial charge in [0.2, 0.25) is 5.91 Å². The third-order valence-corrected chi connectivity index (χ3v) is 6.67. The number of pyridine rings is 1. The smallest absolute Gasteiger partial charge is 0.266 e. The number of nitrogens with one attached hydrogen (secondary N) is 2. The van der Waals surface area contributed by atoms with Gasteiger partial charge in [-0.2, -0.15) is 0 Å². The number of benzene rings is 3. The Labute approximate surface area is 205 Å². The maximum atomic E-state index is 12.5. The molecule has 1 heterocycles. The minimum atomic E-state index is -0.454. The van der Waals surface area contributed by atoms with Gasteiger partial charge in [0, 0.05) is 20.1 Å². The number of hydrogen-bond acceptors (Lipinski definition) is 4. The van der Waals surface area contributed by atoms with E-state index in [1.54, 1.807) is 24.3 Å². The Balaban J connectivity index is 1.51. The first-order chi connectivity index (χ1) is 15.3. The molecule has 0 fully saturated rings. The first-order valence-electron chi connectivity index (χ1n) is 9.36. The zero-order valence-electron chi connectivity index (χ0n) is 16.3. The van der Waals surface area contributed by atoms with Crippen LogP contribution in [0.5, 0.6) is 5.75 Å². The summed E-state index contributed by atoms with van der Waals surface area (Å²) >= 11 is 16.7. The maximum Gasteiger partial charge on any atom is 0.266 e. The summed E-state index contributed by atoms with van der Waals surface area (Å²) in [6.45, 7) is 0. The van der Waals surface area contributed by atoms with Crippen LogP contribution in [0.3, 0.4) is 0 Å². The van der Waals surface area contributed by atoms with Crippen molar-refractivity contribution in [1.82, 2.24) is 4.98 Å². The van der Waals surface area contributed by atoms with Gasteiger partial charge in [-0.1, -0.05) is 63.0 Å². The molecule has 1 amide bonds. The zero-order chi connectivity index (χ0) is 22.8. The minimum Gasteiger partial charge on any atom is -0.506 e. The van der Waals surface area contributed by atoms with Gasteiger partial charge < -0.3 is 15.4 Å². The Morgan fingerprint density at radius 3 is 2.56 bits per heavy atom. The van der Waals surface area contributed by atoms with Crippen LogP contribution in [0.15, 0.2) is 79.7 Å². The number of hydrogen-bond donors (Lipinski definition) is 3. The van der Waals surface area contributed by atoms with E-state index in [4.69, 9.17) is 23.2 Å². The van der Waals surface area contributed by atoms with Crippen LogP contribution in [0.4, 0.5) is 5.69 Å².